The van der Waals surface area contributed by atoms with E-state index in [9.17, 15) is 9.59 Å². The average Bonchev–Trinajstić information content (AvgIpc) is 2.67. The Balaban J connectivity index is 0.00000210. The van der Waals surface area contributed by atoms with E-state index in [0.29, 0.717) is 17.8 Å². The number of pyridine rings is 1. The molecule has 1 aliphatic carbocycles. The first-order valence-electron chi connectivity index (χ1n) is 9.32. The summed E-state index contributed by atoms with van der Waals surface area (Å²) in [6, 6.07) is 10.9. The Morgan fingerprint density at radius 1 is 1.17 bits per heavy atom. The summed E-state index contributed by atoms with van der Waals surface area (Å²) < 4.78 is 0. The number of nitrogens with zero attached hydrogens (tertiary/aromatic N) is 1. The number of carbonyl (C=O) groups is 2. The summed E-state index contributed by atoms with van der Waals surface area (Å²) >= 11 is 0. The van der Waals surface area contributed by atoms with Gasteiger partial charge in [-0.15, -0.1) is 24.8 Å². The van der Waals surface area contributed by atoms with E-state index in [1.165, 1.54) is 6.20 Å². The zero-order valence-corrected chi connectivity index (χ0v) is 18.0. The summed E-state index contributed by atoms with van der Waals surface area (Å²) in [4.78, 5) is 28.6. The minimum Gasteiger partial charge on any atom is -0.352 e. The number of amides is 2. The summed E-state index contributed by atoms with van der Waals surface area (Å²) in [5.74, 6) is -0.318. The number of hydrogen-bond acceptors (Lipinski definition) is 4. The minimum absolute atomic E-state index is 0. The van der Waals surface area contributed by atoms with Gasteiger partial charge in [0.15, 0.2) is 0 Å². The summed E-state index contributed by atoms with van der Waals surface area (Å²) in [5.41, 5.74) is 8.04. The number of benzene rings is 1. The number of halogens is 2. The van der Waals surface area contributed by atoms with Gasteiger partial charge in [0.25, 0.3) is 5.91 Å². The fraction of sp³-hybridized carbons (Fsp3) is 0.381. The SMILES string of the molecule is CC1(N)CCCCC1C(=O)NCc1ccc(NC(=O)c2cccnc2)cc1.Cl.Cl. The average molecular weight is 439 g/mol. The third-order valence-electron chi connectivity index (χ3n) is 5.17. The summed E-state index contributed by atoms with van der Waals surface area (Å²) in [7, 11) is 0. The van der Waals surface area contributed by atoms with Crippen molar-refractivity contribution in [1.29, 1.82) is 0 Å². The highest BCUT2D eigenvalue weighted by molar-refractivity contribution is 6.04. The number of nitrogens with two attached hydrogens (primary N) is 1. The van der Waals surface area contributed by atoms with Crippen molar-refractivity contribution in [2.45, 2.75) is 44.7 Å². The van der Waals surface area contributed by atoms with E-state index in [-0.39, 0.29) is 42.5 Å². The lowest BCUT2D eigenvalue weighted by Gasteiger charge is -2.37. The Hall–Kier alpha value is -2.15. The molecule has 1 aromatic heterocycles. The number of rotatable bonds is 5. The van der Waals surface area contributed by atoms with Crippen LogP contribution in [0.5, 0.6) is 0 Å². The van der Waals surface area contributed by atoms with Gasteiger partial charge in [-0.3, -0.25) is 14.6 Å². The normalized spacial score (nSPS) is 20.6. The van der Waals surface area contributed by atoms with Crippen LogP contribution in [0.2, 0.25) is 0 Å². The summed E-state index contributed by atoms with van der Waals surface area (Å²) in [6.45, 7) is 2.42. The Labute approximate surface area is 183 Å². The predicted molar refractivity (Wildman–Crippen MR) is 120 cm³/mol. The second-order valence-electron chi connectivity index (χ2n) is 7.41. The van der Waals surface area contributed by atoms with Crippen molar-refractivity contribution in [2.75, 3.05) is 5.32 Å². The molecule has 29 heavy (non-hydrogen) atoms. The van der Waals surface area contributed by atoms with Gasteiger partial charge >= 0.3 is 0 Å². The smallest absolute Gasteiger partial charge is 0.257 e. The Kier molecular flexibility index (Phi) is 9.56. The predicted octanol–water partition coefficient (Wildman–Crippen LogP) is 3.70. The van der Waals surface area contributed by atoms with Crippen LogP contribution in [-0.2, 0) is 11.3 Å². The molecule has 1 fully saturated rings. The van der Waals surface area contributed by atoms with Gasteiger partial charge in [-0.25, -0.2) is 0 Å². The van der Waals surface area contributed by atoms with Crippen molar-refractivity contribution in [3.8, 4) is 0 Å². The second-order valence-corrected chi connectivity index (χ2v) is 7.41. The lowest BCUT2D eigenvalue weighted by Crippen LogP contribution is -2.52. The quantitative estimate of drug-likeness (QED) is 0.662. The van der Waals surface area contributed by atoms with Crippen LogP contribution in [0, 0.1) is 5.92 Å². The van der Waals surface area contributed by atoms with Crippen LogP contribution in [0.4, 0.5) is 5.69 Å². The van der Waals surface area contributed by atoms with Crippen molar-refractivity contribution in [2.24, 2.45) is 11.7 Å². The number of hydrogen-bond donors (Lipinski definition) is 3. The van der Waals surface area contributed by atoms with E-state index >= 15 is 0 Å². The van der Waals surface area contributed by atoms with Crippen LogP contribution in [0.25, 0.3) is 0 Å². The first-order chi connectivity index (χ1) is 13.0. The highest BCUT2D eigenvalue weighted by atomic mass is 35.5. The molecule has 8 heteroatoms. The molecule has 1 aliphatic rings. The number of nitrogens with one attached hydrogen (secondary N) is 2. The van der Waals surface area contributed by atoms with E-state index in [4.69, 9.17) is 5.73 Å². The van der Waals surface area contributed by atoms with Crippen LogP contribution in [-0.4, -0.2) is 22.3 Å². The lowest BCUT2D eigenvalue weighted by molar-refractivity contribution is -0.128. The molecule has 0 aliphatic heterocycles. The zero-order chi connectivity index (χ0) is 19.3. The number of aromatic nitrogens is 1. The molecule has 0 radical (unpaired) electrons. The van der Waals surface area contributed by atoms with Crippen molar-refractivity contribution in [3.63, 3.8) is 0 Å². The van der Waals surface area contributed by atoms with Crippen molar-refractivity contribution >= 4 is 42.3 Å². The topological polar surface area (TPSA) is 97.1 Å². The van der Waals surface area contributed by atoms with E-state index in [1.54, 1.807) is 18.3 Å². The molecule has 3 rings (SSSR count). The van der Waals surface area contributed by atoms with Crippen molar-refractivity contribution in [1.82, 2.24) is 10.3 Å². The van der Waals surface area contributed by atoms with Gasteiger partial charge in [-0.05, 0) is 49.6 Å². The molecule has 2 atom stereocenters. The van der Waals surface area contributed by atoms with Crippen LogP contribution in [0.15, 0.2) is 48.8 Å². The van der Waals surface area contributed by atoms with Crippen LogP contribution < -0.4 is 16.4 Å². The first kappa shape index (κ1) is 24.9. The molecule has 0 bridgehead atoms. The molecule has 1 saturated carbocycles. The fourth-order valence-electron chi connectivity index (χ4n) is 3.51. The van der Waals surface area contributed by atoms with Crippen molar-refractivity contribution < 1.29 is 9.59 Å². The molecule has 2 unspecified atom stereocenters. The molecular formula is C21H28Cl2N4O2. The Bertz CT molecular complexity index is 798. The molecule has 0 saturated heterocycles. The highest BCUT2D eigenvalue weighted by Gasteiger charge is 2.37. The Morgan fingerprint density at radius 2 is 1.90 bits per heavy atom. The molecule has 1 aromatic carbocycles. The molecule has 2 aromatic rings. The first-order valence-corrected chi connectivity index (χ1v) is 9.32. The number of anilines is 1. The van der Waals surface area contributed by atoms with Crippen LogP contribution in [0.1, 0.15) is 48.5 Å². The molecule has 4 N–H and O–H groups in total. The maximum absolute atomic E-state index is 12.5. The fourth-order valence-corrected chi connectivity index (χ4v) is 3.51. The van der Waals surface area contributed by atoms with Gasteiger partial charge < -0.3 is 16.4 Å². The van der Waals surface area contributed by atoms with E-state index in [2.05, 4.69) is 15.6 Å². The third-order valence-corrected chi connectivity index (χ3v) is 5.17. The second kappa shape index (κ2) is 11.1. The minimum atomic E-state index is -0.428. The van der Waals surface area contributed by atoms with Gasteiger partial charge in [0.2, 0.25) is 5.91 Å². The summed E-state index contributed by atoms with van der Waals surface area (Å²) in [5, 5.41) is 5.83. The molecular weight excluding hydrogens is 411 g/mol. The standard InChI is InChI=1S/C21H26N4O2.2ClH/c1-21(22)11-3-2-6-18(21)20(27)24-13-15-7-9-17(10-8-15)25-19(26)16-5-4-12-23-14-16;;/h4-5,7-10,12,14,18H,2-3,6,11,13,22H2,1H3,(H,24,27)(H,25,26);2*1H. The van der Waals surface area contributed by atoms with E-state index in [1.807, 2.05) is 31.2 Å². The Morgan fingerprint density at radius 3 is 2.52 bits per heavy atom. The van der Waals surface area contributed by atoms with Crippen molar-refractivity contribution in [3.05, 3.63) is 59.9 Å². The lowest BCUT2D eigenvalue weighted by atomic mass is 9.74. The molecule has 0 spiro atoms. The van der Waals surface area contributed by atoms with E-state index < -0.39 is 5.54 Å². The van der Waals surface area contributed by atoms with Gasteiger partial charge in [0, 0.05) is 30.2 Å². The van der Waals surface area contributed by atoms with Gasteiger partial charge in [0.1, 0.15) is 0 Å². The van der Waals surface area contributed by atoms with Gasteiger partial charge in [-0.2, -0.15) is 0 Å². The van der Waals surface area contributed by atoms with Crippen LogP contribution in [0.3, 0.4) is 0 Å². The zero-order valence-electron chi connectivity index (χ0n) is 16.4. The molecule has 158 valence electrons. The maximum Gasteiger partial charge on any atom is 0.257 e. The van der Waals surface area contributed by atoms with E-state index in [0.717, 1.165) is 31.2 Å². The highest BCUT2D eigenvalue weighted by Crippen LogP contribution is 2.31. The molecule has 2 amide bonds. The van der Waals surface area contributed by atoms with Gasteiger partial charge in [0.05, 0.1) is 11.5 Å². The number of carbonyl (C=O) groups excluding carboxylic acids is 2. The molecule has 1 heterocycles. The van der Waals surface area contributed by atoms with Crippen LogP contribution >= 0.6 is 24.8 Å². The summed E-state index contributed by atoms with van der Waals surface area (Å²) in [6.07, 6.45) is 7.02. The largest absolute Gasteiger partial charge is 0.352 e. The third kappa shape index (κ3) is 6.70. The molecule has 6 nitrogen and oxygen atoms in total. The maximum atomic E-state index is 12.5. The monoisotopic (exact) mass is 438 g/mol. The van der Waals surface area contributed by atoms with Gasteiger partial charge in [-0.1, -0.05) is 25.0 Å².